The van der Waals surface area contributed by atoms with Crippen molar-refractivity contribution >= 4 is 22.9 Å². The van der Waals surface area contributed by atoms with E-state index in [1.165, 1.54) is 0 Å². The first-order valence-corrected chi connectivity index (χ1v) is 7.99. The molecule has 0 saturated carbocycles. The van der Waals surface area contributed by atoms with E-state index in [0.29, 0.717) is 17.5 Å². The van der Waals surface area contributed by atoms with E-state index in [4.69, 9.17) is 9.26 Å². The Balaban J connectivity index is 1.64. The van der Waals surface area contributed by atoms with Gasteiger partial charge in [-0.05, 0) is 36.1 Å². The number of amides is 1. The third-order valence-corrected chi connectivity index (χ3v) is 4.43. The van der Waals surface area contributed by atoms with Crippen molar-refractivity contribution in [3.05, 3.63) is 47.2 Å². The number of fused-ring (bicyclic) bond motifs is 1. The van der Waals surface area contributed by atoms with Crippen LogP contribution in [0, 0.1) is 6.92 Å². The van der Waals surface area contributed by atoms with Crippen LogP contribution in [0.1, 0.15) is 11.5 Å². The molecule has 1 aliphatic heterocycles. The molecule has 0 radical (unpaired) electrons. The summed E-state index contributed by atoms with van der Waals surface area (Å²) in [5, 5.41) is 5.93. The molecular formula is C16H13N3O3S. The molecule has 23 heavy (non-hydrogen) atoms. The Hall–Kier alpha value is -2.67. The average molecular weight is 327 g/mol. The molecule has 0 saturated heterocycles. The summed E-state index contributed by atoms with van der Waals surface area (Å²) < 4.78 is 10.8. The van der Waals surface area contributed by atoms with Crippen molar-refractivity contribution in [1.29, 1.82) is 0 Å². The van der Waals surface area contributed by atoms with E-state index in [1.807, 2.05) is 42.6 Å². The Morgan fingerprint density at radius 1 is 1.35 bits per heavy atom. The first-order chi connectivity index (χ1) is 11.2. The number of aromatic nitrogens is 2. The minimum absolute atomic E-state index is 0.0159. The van der Waals surface area contributed by atoms with Gasteiger partial charge >= 0.3 is 0 Å². The number of nitrogens with zero attached hydrogens (tertiary/aromatic N) is 3. The van der Waals surface area contributed by atoms with E-state index >= 15 is 0 Å². The predicted molar refractivity (Wildman–Crippen MR) is 85.5 cm³/mol. The zero-order valence-electron chi connectivity index (χ0n) is 12.4. The molecular weight excluding hydrogens is 314 g/mol. The second-order valence-corrected chi connectivity index (χ2v) is 6.18. The van der Waals surface area contributed by atoms with Crippen LogP contribution in [0.15, 0.2) is 40.2 Å². The van der Waals surface area contributed by atoms with Gasteiger partial charge in [-0.1, -0.05) is 17.3 Å². The minimum atomic E-state index is -0.126. The summed E-state index contributed by atoms with van der Waals surface area (Å²) in [6, 6.07) is 9.60. The molecule has 116 valence electrons. The second kappa shape index (κ2) is 5.51. The lowest BCUT2D eigenvalue weighted by molar-refractivity contribution is -0.121. The molecule has 1 aromatic carbocycles. The molecule has 7 heteroatoms. The molecule has 3 aromatic rings. The SMILES string of the molecule is Cc1ccc2c(c1)N(Cc1nc(-c3cccs3)no1)C(=O)CO2. The quantitative estimate of drug-likeness (QED) is 0.739. The van der Waals surface area contributed by atoms with Gasteiger partial charge in [0.25, 0.3) is 5.91 Å². The van der Waals surface area contributed by atoms with Crippen molar-refractivity contribution < 1.29 is 14.1 Å². The monoisotopic (exact) mass is 327 g/mol. The molecule has 3 heterocycles. The van der Waals surface area contributed by atoms with Crippen molar-refractivity contribution in [3.63, 3.8) is 0 Å². The minimum Gasteiger partial charge on any atom is -0.482 e. The van der Waals surface area contributed by atoms with Crippen LogP contribution in [0.4, 0.5) is 5.69 Å². The fourth-order valence-electron chi connectivity index (χ4n) is 2.45. The van der Waals surface area contributed by atoms with Crippen molar-refractivity contribution in [1.82, 2.24) is 10.1 Å². The van der Waals surface area contributed by atoms with Gasteiger partial charge in [0.1, 0.15) is 12.3 Å². The summed E-state index contributed by atoms with van der Waals surface area (Å²) in [7, 11) is 0. The van der Waals surface area contributed by atoms with Crippen molar-refractivity contribution in [3.8, 4) is 16.5 Å². The Bertz CT molecular complexity index is 857. The molecule has 0 spiro atoms. The summed E-state index contributed by atoms with van der Waals surface area (Å²) in [5.41, 5.74) is 1.79. The number of hydrogen-bond acceptors (Lipinski definition) is 6. The first-order valence-electron chi connectivity index (χ1n) is 7.11. The van der Waals surface area contributed by atoms with Crippen LogP contribution in [0.5, 0.6) is 5.75 Å². The molecule has 0 bridgehead atoms. The number of carbonyl (C=O) groups excluding carboxylic acids is 1. The van der Waals surface area contributed by atoms with E-state index in [2.05, 4.69) is 10.1 Å². The van der Waals surface area contributed by atoms with Gasteiger partial charge in [-0.2, -0.15) is 4.98 Å². The summed E-state index contributed by atoms with van der Waals surface area (Å²) >= 11 is 1.54. The van der Waals surface area contributed by atoms with Crippen LogP contribution in [0.25, 0.3) is 10.7 Å². The number of aryl methyl sites for hydroxylation is 1. The lowest BCUT2D eigenvalue weighted by Crippen LogP contribution is -2.38. The van der Waals surface area contributed by atoms with Gasteiger partial charge in [-0.15, -0.1) is 11.3 Å². The zero-order valence-corrected chi connectivity index (χ0v) is 13.2. The topological polar surface area (TPSA) is 68.5 Å². The van der Waals surface area contributed by atoms with Gasteiger partial charge < -0.3 is 9.26 Å². The molecule has 1 amide bonds. The molecule has 1 aliphatic rings. The van der Waals surface area contributed by atoms with E-state index < -0.39 is 0 Å². The van der Waals surface area contributed by atoms with Gasteiger partial charge in [0, 0.05) is 0 Å². The van der Waals surface area contributed by atoms with E-state index in [9.17, 15) is 4.79 Å². The molecule has 4 rings (SSSR count). The summed E-state index contributed by atoms with van der Waals surface area (Å²) in [6.07, 6.45) is 0. The fourth-order valence-corrected chi connectivity index (χ4v) is 3.09. The largest absolute Gasteiger partial charge is 0.482 e. The number of rotatable bonds is 3. The second-order valence-electron chi connectivity index (χ2n) is 5.23. The van der Waals surface area contributed by atoms with Gasteiger partial charge in [-0.3, -0.25) is 9.69 Å². The lowest BCUT2D eigenvalue weighted by Gasteiger charge is -2.28. The molecule has 0 unspecified atom stereocenters. The zero-order chi connectivity index (χ0) is 15.8. The molecule has 2 aromatic heterocycles. The van der Waals surface area contributed by atoms with Crippen molar-refractivity contribution in [2.75, 3.05) is 11.5 Å². The Morgan fingerprint density at radius 2 is 2.26 bits per heavy atom. The van der Waals surface area contributed by atoms with Gasteiger partial charge in [-0.25, -0.2) is 0 Å². The van der Waals surface area contributed by atoms with Crippen LogP contribution < -0.4 is 9.64 Å². The predicted octanol–water partition coefficient (Wildman–Crippen LogP) is 3.03. The molecule has 0 fully saturated rings. The first kappa shape index (κ1) is 14.0. The fraction of sp³-hybridized carbons (Fsp3) is 0.188. The number of thiophene rings is 1. The average Bonchev–Trinajstić information content (AvgIpc) is 3.21. The Kier molecular flexibility index (Phi) is 3.34. The highest BCUT2D eigenvalue weighted by atomic mass is 32.1. The number of hydrogen-bond donors (Lipinski definition) is 0. The lowest BCUT2D eigenvalue weighted by atomic mass is 10.1. The van der Waals surface area contributed by atoms with Crippen LogP contribution in [-0.4, -0.2) is 22.7 Å². The maximum atomic E-state index is 12.2. The molecule has 6 nitrogen and oxygen atoms in total. The number of anilines is 1. The highest BCUT2D eigenvalue weighted by Gasteiger charge is 2.27. The summed E-state index contributed by atoms with van der Waals surface area (Å²) in [5.74, 6) is 1.50. The third kappa shape index (κ3) is 2.59. The smallest absolute Gasteiger partial charge is 0.265 e. The van der Waals surface area contributed by atoms with Crippen LogP contribution in [-0.2, 0) is 11.3 Å². The third-order valence-electron chi connectivity index (χ3n) is 3.56. The molecule has 0 N–H and O–H groups in total. The van der Waals surface area contributed by atoms with Gasteiger partial charge in [0.2, 0.25) is 11.7 Å². The van der Waals surface area contributed by atoms with Gasteiger partial charge in [0.15, 0.2) is 6.61 Å². The number of benzene rings is 1. The highest BCUT2D eigenvalue weighted by molar-refractivity contribution is 7.13. The Labute approximate surface area is 136 Å². The Morgan fingerprint density at radius 3 is 3.09 bits per heavy atom. The maximum Gasteiger partial charge on any atom is 0.265 e. The number of carbonyl (C=O) groups is 1. The summed E-state index contributed by atoms with van der Waals surface area (Å²) in [6.45, 7) is 2.22. The van der Waals surface area contributed by atoms with Crippen LogP contribution >= 0.6 is 11.3 Å². The summed E-state index contributed by atoms with van der Waals surface area (Å²) in [4.78, 5) is 19.2. The number of ether oxygens (including phenoxy) is 1. The van der Waals surface area contributed by atoms with E-state index in [-0.39, 0.29) is 19.1 Å². The standard InChI is InChI=1S/C16H13N3O3S/c1-10-4-5-12-11(7-10)19(15(20)9-21-12)8-14-17-16(18-22-14)13-3-2-6-23-13/h2-7H,8-9H2,1H3. The molecule has 0 atom stereocenters. The van der Waals surface area contributed by atoms with E-state index in [1.54, 1.807) is 16.2 Å². The van der Waals surface area contributed by atoms with E-state index in [0.717, 1.165) is 16.1 Å². The maximum absolute atomic E-state index is 12.2. The van der Waals surface area contributed by atoms with Gasteiger partial charge in [0.05, 0.1) is 10.6 Å². The highest BCUT2D eigenvalue weighted by Crippen LogP contribution is 2.34. The van der Waals surface area contributed by atoms with Crippen molar-refractivity contribution in [2.45, 2.75) is 13.5 Å². The van der Waals surface area contributed by atoms with Crippen molar-refractivity contribution in [2.24, 2.45) is 0 Å². The molecule has 0 aliphatic carbocycles. The normalized spacial score (nSPS) is 13.8. The van der Waals surface area contributed by atoms with Crippen LogP contribution in [0.2, 0.25) is 0 Å². The van der Waals surface area contributed by atoms with Crippen LogP contribution in [0.3, 0.4) is 0 Å².